The van der Waals surface area contributed by atoms with Gasteiger partial charge in [0.05, 0.1) is 24.0 Å². The second-order valence-corrected chi connectivity index (χ2v) is 4.23. The number of ether oxygens (including phenoxy) is 1. The number of nitrogens with zero attached hydrogens (tertiary/aromatic N) is 3. The highest BCUT2D eigenvalue weighted by atomic mass is 35.5. The minimum absolute atomic E-state index is 0.599. The van der Waals surface area contributed by atoms with Crippen molar-refractivity contribution in [1.82, 2.24) is 20.1 Å². The molecule has 0 fully saturated rings. The van der Waals surface area contributed by atoms with Crippen molar-refractivity contribution in [1.29, 1.82) is 0 Å². The predicted molar refractivity (Wildman–Crippen MR) is 70.0 cm³/mol. The van der Waals surface area contributed by atoms with Crippen LogP contribution in [0.3, 0.4) is 0 Å². The Morgan fingerprint density at radius 3 is 2.89 bits per heavy atom. The van der Waals surface area contributed by atoms with E-state index in [1.807, 2.05) is 18.3 Å². The van der Waals surface area contributed by atoms with Gasteiger partial charge in [0.25, 0.3) is 0 Å². The normalized spacial score (nSPS) is 10.8. The zero-order valence-electron chi connectivity index (χ0n) is 10.1. The Kier molecular flexibility index (Phi) is 4.69. The van der Waals surface area contributed by atoms with Crippen molar-refractivity contribution >= 4 is 11.6 Å². The molecule has 2 heterocycles. The maximum absolute atomic E-state index is 5.81. The van der Waals surface area contributed by atoms with Crippen molar-refractivity contribution in [2.75, 3.05) is 20.3 Å². The standard InChI is InChI=1S/C12H15ClN4O/c1-18-5-4-14-6-10-2-3-12(15-7-10)17-9-11(13)8-16-17/h2-3,7-9,14H,4-6H2,1H3. The number of aromatic nitrogens is 3. The molecule has 5 nitrogen and oxygen atoms in total. The molecule has 0 aliphatic carbocycles. The largest absolute Gasteiger partial charge is 0.383 e. The van der Waals surface area contributed by atoms with Crippen molar-refractivity contribution in [2.24, 2.45) is 0 Å². The lowest BCUT2D eigenvalue weighted by Crippen LogP contribution is -2.18. The smallest absolute Gasteiger partial charge is 0.153 e. The maximum atomic E-state index is 5.81. The fraction of sp³-hybridized carbons (Fsp3) is 0.333. The molecule has 0 saturated heterocycles. The van der Waals surface area contributed by atoms with E-state index in [0.29, 0.717) is 11.6 Å². The van der Waals surface area contributed by atoms with E-state index in [2.05, 4.69) is 15.4 Å². The van der Waals surface area contributed by atoms with Gasteiger partial charge in [-0.3, -0.25) is 0 Å². The van der Waals surface area contributed by atoms with Gasteiger partial charge >= 0.3 is 0 Å². The van der Waals surface area contributed by atoms with E-state index in [4.69, 9.17) is 16.3 Å². The number of halogens is 1. The van der Waals surface area contributed by atoms with E-state index < -0.39 is 0 Å². The van der Waals surface area contributed by atoms with Gasteiger partial charge in [0, 0.05) is 26.4 Å². The van der Waals surface area contributed by atoms with Crippen LogP contribution in [0.1, 0.15) is 5.56 Å². The second-order valence-electron chi connectivity index (χ2n) is 3.80. The van der Waals surface area contributed by atoms with E-state index in [9.17, 15) is 0 Å². The van der Waals surface area contributed by atoms with E-state index >= 15 is 0 Å². The fourth-order valence-corrected chi connectivity index (χ4v) is 1.63. The van der Waals surface area contributed by atoms with Crippen LogP contribution in [0.2, 0.25) is 5.02 Å². The molecule has 0 saturated carbocycles. The summed E-state index contributed by atoms with van der Waals surface area (Å²) in [4.78, 5) is 4.33. The lowest BCUT2D eigenvalue weighted by molar-refractivity contribution is 0.199. The number of hydrogen-bond donors (Lipinski definition) is 1. The van der Waals surface area contributed by atoms with Gasteiger partial charge in [-0.15, -0.1) is 0 Å². The number of nitrogens with one attached hydrogen (secondary N) is 1. The van der Waals surface area contributed by atoms with Crippen molar-refractivity contribution in [3.05, 3.63) is 41.3 Å². The molecule has 0 bridgehead atoms. The van der Waals surface area contributed by atoms with Crippen LogP contribution in [0.4, 0.5) is 0 Å². The number of rotatable bonds is 6. The monoisotopic (exact) mass is 266 g/mol. The van der Waals surface area contributed by atoms with Crippen LogP contribution in [0, 0.1) is 0 Å². The molecule has 0 radical (unpaired) electrons. The zero-order valence-corrected chi connectivity index (χ0v) is 10.9. The summed E-state index contributed by atoms with van der Waals surface area (Å²) in [7, 11) is 1.69. The number of pyridine rings is 1. The van der Waals surface area contributed by atoms with E-state index in [0.717, 1.165) is 24.5 Å². The maximum Gasteiger partial charge on any atom is 0.153 e. The van der Waals surface area contributed by atoms with Crippen LogP contribution in [0.5, 0.6) is 0 Å². The first-order chi connectivity index (χ1) is 8.79. The summed E-state index contributed by atoms with van der Waals surface area (Å²) in [6.07, 6.45) is 5.13. The summed E-state index contributed by atoms with van der Waals surface area (Å²) < 4.78 is 6.60. The molecule has 0 aliphatic heterocycles. The molecular formula is C12H15ClN4O. The van der Waals surface area contributed by atoms with Crippen LogP contribution in [0.25, 0.3) is 5.82 Å². The Bertz CT molecular complexity index is 483. The molecule has 0 aromatic carbocycles. The van der Waals surface area contributed by atoms with Crippen molar-refractivity contribution in [2.45, 2.75) is 6.54 Å². The third-order valence-corrected chi connectivity index (χ3v) is 2.60. The Hall–Kier alpha value is -1.43. The molecular weight excluding hydrogens is 252 g/mol. The van der Waals surface area contributed by atoms with Crippen LogP contribution in [-0.4, -0.2) is 35.0 Å². The third-order valence-electron chi connectivity index (χ3n) is 2.41. The summed E-state index contributed by atoms with van der Waals surface area (Å²) in [5.74, 6) is 0.752. The molecule has 6 heteroatoms. The Balaban J connectivity index is 1.93. The van der Waals surface area contributed by atoms with Crippen LogP contribution in [-0.2, 0) is 11.3 Å². The van der Waals surface area contributed by atoms with Gasteiger partial charge in [-0.1, -0.05) is 17.7 Å². The highest BCUT2D eigenvalue weighted by molar-refractivity contribution is 6.30. The minimum Gasteiger partial charge on any atom is -0.383 e. The second kappa shape index (κ2) is 6.49. The first kappa shape index (κ1) is 13.0. The summed E-state index contributed by atoms with van der Waals surface area (Å²) in [5.41, 5.74) is 1.12. The topological polar surface area (TPSA) is 52.0 Å². The van der Waals surface area contributed by atoms with Crippen molar-refractivity contribution in [3.63, 3.8) is 0 Å². The summed E-state index contributed by atoms with van der Waals surface area (Å²) in [6, 6.07) is 3.92. The Morgan fingerprint density at radius 2 is 2.28 bits per heavy atom. The molecule has 0 spiro atoms. The van der Waals surface area contributed by atoms with E-state index in [-0.39, 0.29) is 0 Å². The van der Waals surface area contributed by atoms with Crippen LogP contribution >= 0.6 is 11.6 Å². The molecule has 2 rings (SSSR count). The minimum atomic E-state index is 0.599. The molecule has 96 valence electrons. The van der Waals surface area contributed by atoms with Gasteiger partial charge in [-0.25, -0.2) is 9.67 Å². The van der Waals surface area contributed by atoms with E-state index in [1.165, 1.54) is 0 Å². The molecule has 0 aliphatic rings. The first-order valence-electron chi connectivity index (χ1n) is 5.65. The van der Waals surface area contributed by atoms with Gasteiger partial charge in [0.1, 0.15) is 0 Å². The average Bonchev–Trinajstić information content (AvgIpc) is 2.82. The lowest BCUT2D eigenvalue weighted by Gasteiger charge is -2.05. The first-order valence-corrected chi connectivity index (χ1v) is 6.02. The summed E-state index contributed by atoms with van der Waals surface area (Å²) >= 11 is 5.81. The quantitative estimate of drug-likeness (QED) is 0.808. The fourth-order valence-electron chi connectivity index (χ4n) is 1.49. The molecule has 2 aromatic heterocycles. The zero-order chi connectivity index (χ0) is 12.8. The Labute approximate surface area is 111 Å². The highest BCUT2D eigenvalue weighted by Crippen LogP contribution is 2.10. The van der Waals surface area contributed by atoms with Gasteiger partial charge in [0.15, 0.2) is 5.82 Å². The SMILES string of the molecule is COCCNCc1ccc(-n2cc(Cl)cn2)nc1. The van der Waals surface area contributed by atoms with Gasteiger partial charge < -0.3 is 10.1 Å². The van der Waals surface area contributed by atoms with E-state index in [1.54, 1.807) is 24.2 Å². The molecule has 2 aromatic rings. The third kappa shape index (κ3) is 3.53. The molecule has 0 atom stereocenters. The summed E-state index contributed by atoms with van der Waals surface area (Å²) in [6.45, 7) is 2.31. The van der Waals surface area contributed by atoms with Gasteiger partial charge in [-0.05, 0) is 11.6 Å². The predicted octanol–water partition coefficient (Wildman–Crippen LogP) is 1.66. The highest BCUT2D eigenvalue weighted by Gasteiger charge is 2.00. The van der Waals surface area contributed by atoms with Gasteiger partial charge in [-0.2, -0.15) is 5.10 Å². The van der Waals surface area contributed by atoms with Crippen LogP contribution in [0.15, 0.2) is 30.7 Å². The lowest BCUT2D eigenvalue weighted by atomic mass is 10.3. The molecule has 0 unspecified atom stereocenters. The van der Waals surface area contributed by atoms with Gasteiger partial charge in [0.2, 0.25) is 0 Å². The average molecular weight is 267 g/mol. The molecule has 18 heavy (non-hydrogen) atoms. The number of methoxy groups -OCH3 is 1. The molecule has 1 N–H and O–H groups in total. The van der Waals surface area contributed by atoms with Crippen molar-refractivity contribution < 1.29 is 4.74 Å². The summed E-state index contributed by atoms with van der Waals surface area (Å²) in [5, 5.41) is 7.95. The molecule has 0 amide bonds. The number of hydrogen-bond acceptors (Lipinski definition) is 4. The van der Waals surface area contributed by atoms with Crippen LogP contribution < -0.4 is 5.32 Å². The Morgan fingerprint density at radius 1 is 1.39 bits per heavy atom. The van der Waals surface area contributed by atoms with Crippen molar-refractivity contribution in [3.8, 4) is 5.82 Å².